The second-order valence-electron chi connectivity index (χ2n) is 9.99. The number of piperidine rings is 1. The van der Waals surface area contributed by atoms with Crippen molar-refractivity contribution in [2.75, 3.05) is 45.8 Å². The number of benzene rings is 2. The summed E-state index contributed by atoms with van der Waals surface area (Å²) in [4.78, 5) is 4.86. The van der Waals surface area contributed by atoms with Gasteiger partial charge in [0, 0.05) is 63.6 Å². The number of likely N-dealkylation sites (tertiary alicyclic amines) is 2. The van der Waals surface area contributed by atoms with Gasteiger partial charge < -0.3 is 10.1 Å². The van der Waals surface area contributed by atoms with Gasteiger partial charge in [-0.05, 0) is 55.3 Å². The summed E-state index contributed by atoms with van der Waals surface area (Å²) in [5, 5.41) is 7.94. The number of aromatic nitrogens is 2. The fourth-order valence-corrected chi connectivity index (χ4v) is 5.34. The Hall–Kier alpha value is -2.74. The predicted octanol–water partition coefficient (Wildman–Crippen LogP) is 3.98. The van der Waals surface area contributed by atoms with Crippen LogP contribution in [-0.4, -0.2) is 77.1 Å². The summed E-state index contributed by atoms with van der Waals surface area (Å²) >= 11 is 0. The number of alkyl halides is 1. The Morgan fingerprint density at radius 2 is 1.62 bits per heavy atom. The summed E-state index contributed by atoms with van der Waals surface area (Å²) in [7, 11) is 0. The molecule has 3 aliphatic rings. The van der Waals surface area contributed by atoms with Crippen LogP contribution >= 0.6 is 0 Å². The van der Waals surface area contributed by atoms with E-state index in [4.69, 9.17) is 9.84 Å². The van der Waals surface area contributed by atoms with Crippen molar-refractivity contribution in [3.8, 4) is 22.8 Å². The number of para-hydroxylation sites is 1. The standard InChI is InChI=1S/C27H32FN5O/c28-27(18-29-19-27)20-31-16-23(17-31)32-13-10-22(11-14-32)33-15-12-26(30-33)21-6-8-25(9-7-21)34-24-4-2-1-3-5-24/h1-9,12,15,22-23,29H,10-11,13-14,16-20H2. The first-order chi connectivity index (χ1) is 16.6. The third-order valence-electron chi connectivity index (χ3n) is 7.46. The number of hydrogen-bond acceptors (Lipinski definition) is 5. The van der Waals surface area contributed by atoms with Gasteiger partial charge in [0.25, 0.3) is 0 Å². The molecule has 0 amide bonds. The zero-order valence-electron chi connectivity index (χ0n) is 19.4. The molecule has 1 aromatic heterocycles. The molecule has 0 radical (unpaired) electrons. The molecule has 0 aliphatic carbocycles. The molecule has 7 heteroatoms. The quantitative estimate of drug-likeness (QED) is 0.577. The molecule has 0 spiro atoms. The van der Waals surface area contributed by atoms with Gasteiger partial charge in [0.05, 0.1) is 11.7 Å². The van der Waals surface area contributed by atoms with Crippen LogP contribution in [0, 0.1) is 0 Å². The van der Waals surface area contributed by atoms with Crippen molar-refractivity contribution < 1.29 is 9.13 Å². The van der Waals surface area contributed by atoms with Crippen molar-refractivity contribution >= 4 is 0 Å². The summed E-state index contributed by atoms with van der Waals surface area (Å²) in [5.74, 6) is 1.66. The minimum absolute atomic E-state index is 0.442. The first-order valence-corrected chi connectivity index (χ1v) is 12.4. The van der Waals surface area contributed by atoms with Gasteiger partial charge in [-0.2, -0.15) is 5.10 Å². The van der Waals surface area contributed by atoms with Crippen LogP contribution in [0.1, 0.15) is 18.9 Å². The highest BCUT2D eigenvalue weighted by atomic mass is 19.1. The fraction of sp³-hybridized carbons (Fsp3) is 0.444. The largest absolute Gasteiger partial charge is 0.457 e. The third-order valence-corrected chi connectivity index (χ3v) is 7.46. The van der Waals surface area contributed by atoms with E-state index in [-0.39, 0.29) is 0 Å². The molecular formula is C27H32FN5O. The zero-order chi connectivity index (χ0) is 23.0. The van der Waals surface area contributed by atoms with E-state index in [1.54, 1.807) is 0 Å². The highest BCUT2D eigenvalue weighted by Crippen LogP contribution is 2.30. The summed E-state index contributed by atoms with van der Waals surface area (Å²) in [6, 6.07) is 21.1. The second kappa shape index (κ2) is 9.13. The van der Waals surface area contributed by atoms with Crippen molar-refractivity contribution in [3.05, 3.63) is 66.9 Å². The van der Waals surface area contributed by atoms with E-state index in [0.717, 1.165) is 61.8 Å². The zero-order valence-corrected chi connectivity index (χ0v) is 19.4. The molecule has 34 heavy (non-hydrogen) atoms. The van der Waals surface area contributed by atoms with Gasteiger partial charge in [-0.15, -0.1) is 0 Å². The van der Waals surface area contributed by atoms with Gasteiger partial charge in [-0.1, -0.05) is 18.2 Å². The Bertz CT molecular complexity index is 1080. The van der Waals surface area contributed by atoms with Gasteiger partial charge >= 0.3 is 0 Å². The lowest BCUT2D eigenvalue weighted by Crippen LogP contribution is -2.68. The van der Waals surface area contributed by atoms with Gasteiger partial charge in [0.1, 0.15) is 17.2 Å². The summed E-state index contributed by atoms with van der Waals surface area (Å²) < 4.78 is 22.3. The Kier molecular flexibility index (Phi) is 5.85. The lowest BCUT2D eigenvalue weighted by atomic mass is 9.94. The van der Waals surface area contributed by atoms with E-state index >= 15 is 0 Å². The Morgan fingerprint density at radius 3 is 2.29 bits per heavy atom. The Balaban J connectivity index is 0.997. The molecule has 0 unspecified atom stereocenters. The molecule has 4 heterocycles. The van der Waals surface area contributed by atoms with Crippen molar-refractivity contribution in [2.45, 2.75) is 30.6 Å². The molecule has 1 N–H and O–H groups in total. The number of ether oxygens (including phenoxy) is 1. The van der Waals surface area contributed by atoms with Crippen LogP contribution < -0.4 is 10.1 Å². The minimum atomic E-state index is -0.995. The molecule has 6 nitrogen and oxygen atoms in total. The van der Waals surface area contributed by atoms with Crippen LogP contribution in [-0.2, 0) is 0 Å². The Morgan fingerprint density at radius 1 is 0.912 bits per heavy atom. The molecule has 0 atom stereocenters. The average molecular weight is 462 g/mol. The molecule has 6 rings (SSSR count). The predicted molar refractivity (Wildman–Crippen MR) is 131 cm³/mol. The highest BCUT2D eigenvalue weighted by Gasteiger charge is 2.43. The first kappa shape index (κ1) is 21.8. The van der Waals surface area contributed by atoms with Gasteiger partial charge in [-0.25, -0.2) is 4.39 Å². The number of rotatable bonds is 7. The third kappa shape index (κ3) is 4.60. The highest BCUT2D eigenvalue weighted by molar-refractivity contribution is 5.59. The maximum Gasteiger partial charge on any atom is 0.148 e. The molecule has 178 valence electrons. The molecule has 0 saturated carbocycles. The van der Waals surface area contributed by atoms with Gasteiger partial charge in [-0.3, -0.25) is 14.5 Å². The number of nitrogens with zero attached hydrogens (tertiary/aromatic N) is 4. The van der Waals surface area contributed by atoms with Crippen molar-refractivity contribution in [1.82, 2.24) is 24.9 Å². The minimum Gasteiger partial charge on any atom is -0.457 e. The first-order valence-electron chi connectivity index (χ1n) is 12.4. The maximum absolute atomic E-state index is 14.3. The van der Waals surface area contributed by atoms with Crippen molar-refractivity contribution in [3.63, 3.8) is 0 Å². The molecule has 3 saturated heterocycles. The number of nitrogens with one attached hydrogen (secondary N) is 1. The van der Waals surface area contributed by atoms with Crippen LogP contribution in [0.2, 0.25) is 0 Å². The van der Waals surface area contributed by atoms with Gasteiger partial charge in [0.2, 0.25) is 0 Å². The normalized spacial score (nSPS) is 21.7. The van der Waals surface area contributed by atoms with E-state index in [1.807, 2.05) is 42.5 Å². The lowest BCUT2D eigenvalue weighted by Gasteiger charge is -2.50. The molecule has 3 aliphatic heterocycles. The van der Waals surface area contributed by atoms with E-state index < -0.39 is 5.67 Å². The molecular weight excluding hydrogens is 429 g/mol. The fourth-order valence-electron chi connectivity index (χ4n) is 5.34. The lowest BCUT2D eigenvalue weighted by molar-refractivity contribution is -0.0331. The van der Waals surface area contributed by atoms with Crippen LogP contribution in [0.15, 0.2) is 66.9 Å². The SMILES string of the molecule is FC1(CN2CC(N3CCC(n4ccc(-c5ccc(Oc6ccccc6)cc5)n4)CC3)C2)CNC1. The number of halogens is 1. The van der Waals surface area contributed by atoms with Crippen LogP contribution in [0.4, 0.5) is 4.39 Å². The molecule has 3 aromatic rings. The van der Waals surface area contributed by atoms with Crippen LogP contribution in [0.25, 0.3) is 11.3 Å². The molecule has 0 bridgehead atoms. The second-order valence-corrected chi connectivity index (χ2v) is 9.99. The monoisotopic (exact) mass is 461 g/mol. The smallest absolute Gasteiger partial charge is 0.148 e. The molecule has 3 fully saturated rings. The summed E-state index contributed by atoms with van der Waals surface area (Å²) in [6.45, 7) is 5.80. The van der Waals surface area contributed by atoms with E-state index in [2.05, 4.69) is 44.2 Å². The van der Waals surface area contributed by atoms with E-state index in [9.17, 15) is 4.39 Å². The Labute approximate surface area is 200 Å². The topological polar surface area (TPSA) is 45.6 Å². The van der Waals surface area contributed by atoms with Crippen LogP contribution in [0.3, 0.4) is 0 Å². The average Bonchev–Trinajstić information content (AvgIpc) is 3.32. The molecule has 2 aromatic carbocycles. The summed E-state index contributed by atoms with van der Waals surface area (Å²) in [5.41, 5.74) is 1.10. The van der Waals surface area contributed by atoms with E-state index in [0.29, 0.717) is 31.7 Å². The van der Waals surface area contributed by atoms with E-state index in [1.165, 1.54) is 0 Å². The van der Waals surface area contributed by atoms with Crippen LogP contribution in [0.5, 0.6) is 11.5 Å². The van der Waals surface area contributed by atoms with Crippen molar-refractivity contribution in [1.29, 1.82) is 0 Å². The van der Waals surface area contributed by atoms with Crippen molar-refractivity contribution in [2.24, 2.45) is 0 Å². The summed E-state index contributed by atoms with van der Waals surface area (Å²) in [6.07, 6.45) is 4.33. The number of hydrogen-bond donors (Lipinski definition) is 1. The van der Waals surface area contributed by atoms with Gasteiger partial charge in [0.15, 0.2) is 0 Å². The maximum atomic E-state index is 14.3.